The first-order valence-corrected chi connectivity index (χ1v) is 10.1. The molecule has 1 saturated carbocycles. The van der Waals surface area contributed by atoms with Gasteiger partial charge in [-0.15, -0.1) is 0 Å². The predicted octanol–water partition coefficient (Wildman–Crippen LogP) is 3.86. The fraction of sp³-hybridized carbons (Fsp3) is 0.636. The Bertz CT molecular complexity index is 524. The molecule has 1 atom stereocenters. The summed E-state index contributed by atoms with van der Waals surface area (Å²) in [6.07, 6.45) is 4.18. The van der Waals surface area contributed by atoms with E-state index in [0.29, 0.717) is 18.3 Å². The first kappa shape index (κ1) is 25.1. The topological polar surface area (TPSA) is 92.4 Å². The van der Waals surface area contributed by atoms with E-state index in [2.05, 4.69) is 24.9 Å². The number of benzene rings is 1. The van der Waals surface area contributed by atoms with Gasteiger partial charge in [-0.2, -0.15) is 0 Å². The van der Waals surface area contributed by atoms with Crippen LogP contribution in [-0.4, -0.2) is 30.1 Å². The number of carbonyl (C=O) groups excluding carboxylic acids is 1. The van der Waals surface area contributed by atoms with Gasteiger partial charge in [0.15, 0.2) is 0 Å². The van der Waals surface area contributed by atoms with Crippen LogP contribution < -0.4 is 11.1 Å². The zero-order chi connectivity index (χ0) is 20.8. The molecule has 1 unspecified atom stereocenters. The largest absolute Gasteiger partial charge is 0.480 e. The number of hydrogen-bond acceptors (Lipinski definition) is 3. The van der Waals surface area contributed by atoms with E-state index in [1.54, 1.807) is 0 Å². The number of nitrogens with two attached hydrogens (primary N) is 1. The molecule has 1 aromatic carbocycles. The van der Waals surface area contributed by atoms with E-state index in [9.17, 15) is 14.7 Å². The highest BCUT2D eigenvalue weighted by Crippen LogP contribution is 2.33. The third kappa shape index (κ3) is 9.05. The normalized spacial score (nSPS) is 19.7. The Morgan fingerprint density at radius 3 is 2.04 bits per heavy atom. The summed E-state index contributed by atoms with van der Waals surface area (Å²) < 4.78 is 0. The summed E-state index contributed by atoms with van der Waals surface area (Å²) in [6.45, 7) is 8.46. The third-order valence-corrected chi connectivity index (χ3v) is 4.98. The molecule has 5 nitrogen and oxygen atoms in total. The second kappa shape index (κ2) is 14.2. The van der Waals surface area contributed by atoms with Crippen molar-refractivity contribution in [3.05, 3.63) is 35.9 Å². The van der Waals surface area contributed by atoms with E-state index in [-0.39, 0.29) is 11.8 Å². The molecule has 2 rings (SSSR count). The first-order valence-electron chi connectivity index (χ1n) is 10.1. The molecule has 5 heteroatoms. The average molecular weight is 379 g/mol. The standard InChI is InChI=1S/C19H27NO3.C2H6.CH5N/c1-13(2)15-8-10-16(11-9-15)18(21)20-17(19(22)23)12-14-6-4-3-5-7-14;2*1-2/h3-7,13,15-17H,8-12H2,1-2H3,(H,20,21)(H,22,23);1-2H3;2H2,1H3. The quantitative estimate of drug-likeness (QED) is 0.701. The van der Waals surface area contributed by atoms with Crippen LogP contribution in [0.4, 0.5) is 0 Å². The molecule has 1 amide bonds. The zero-order valence-corrected chi connectivity index (χ0v) is 17.6. The van der Waals surface area contributed by atoms with Crippen molar-refractivity contribution in [3.8, 4) is 0 Å². The number of amides is 1. The summed E-state index contributed by atoms with van der Waals surface area (Å²) in [5.41, 5.74) is 5.42. The summed E-state index contributed by atoms with van der Waals surface area (Å²) in [5, 5.41) is 12.1. The summed E-state index contributed by atoms with van der Waals surface area (Å²) in [6, 6.07) is 8.57. The number of rotatable bonds is 6. The minimum atomic E-state index is -0.974. The Hall–Kier alpha value is -1.88. The average Bonchev–Trinajstić information content (AvgIpc) is 2.71. The van der Waals surface area contributed by atoms with Crippen LogP contribution in [0.15, 0.2) is 30.3 Å². The molecule has 0 heterocycles. The van der Waals surface area contributed by atoms with Crippen LogP contribution >= 0.6 is 0 Å². The second-order valence-corrected chi connectivity index (χ2v) is 6.94. The lowest BCUT2D eigenvalue weighted by Crippen LogP contribution is -2.45. The van der Waals surface area contributed by atoms with Crippen LogP contribution in [0.2, 0.25) is 0 Å². The number of carboxylic acid groups (broad SMARTS) is 1. The number of hydrogen-bond donors (Lipinski definition) is 3. The first-order chi connectivity index (χ1) is 13.0. The van der Waals surface area contributed by atoms with E-state index in [0.717, 1.165) is 31.2 Å². The van der Waals surface area contributed by atoms with Crippen molar-refractivity contribution in [3.63, 3.8) is 0 Å². The monoisotopic (exact) mass is 378 g/mol. The zero-order valence-electron chi connectivity index (χ0n) is 17.6. The molecule has 1 fully saturated rings. The van der Waals surface area contributed by atoms with Crippen molar-refractivity contribution in [2.24, 2.45) is 23.5 Å². The molecule has 154 valence electrons. The van der Waals surface area contributed by atoms with Gasteiger partial charge in [0.1, 0.15) is 6.04 Å². The number of nitrogens with one attached hydrogen (secondary N) is 1. The molecule has 1 aromatic rings. The molecule has 0 spiro atoms. The molecule has 0 saturated heterocycles. The predicted molar refractivity (Wildman–Crippen MR) is 111 cm³/mol. The van der Waals surface area contributed by atoms with Crippen molar-refractivity contribution >= 4 is 11.9 Å². The second-order valence-electron chi connectivity index (χ2n) is 6.94. The van der Waals surface area contributed by atoms with Crippen LogP contribution in [0.3, 0.4) is 0 Å². The molecule has 0 bridgehead atoms. The lowest BCUT2D eigenvalue weighted by molar-refractivity contribution is -0.142. The van der Waals surface area contributed by atoms with Gasteiger partial charge in [-0.1, -0.05) is 58.0 Å². The summed E-state index contributed by atoms with van der Waals surface area (Å²) in [4.78, 5) is 23.9. The van der Waals surface area contributed by atoms with Gasteiger partial charge in [-0.25, -0.2) is 4.79 Å². The highest BCUT2D eigenvalue weighted by Gasteiger charge is 2.30. The van der Waals surface area contributed by atoms with Gasteiger partial charge >= 0.3 is 5.97 Å². The van der Waals surface area contributed by atoms with E-state index in [1.807, 2.05) is 44.2 Å². The molecule has 4 N–H and O–H groups in total. The highest BCUT2D eigenvalue weighted by atomic mass is 16.4. The molecule has 0 radical (unpaired) electrons. The maximum atomic E-state index is 12.4. The van der Waals surface area contributed by atoms with Crippen LogP contribution in [0, 0.1) is 17.8 Å². The molecule has 1 aliphatic rings. The van der Waals surface area contributed by atoms with Crippen LogP contribution in [-0.2, 0) is 16.0 Å². The minimum absolute atomic E-state index is 0.0392. The van der Waals surface area contributed by atoms with Crippen molar-refractivity contribution in [1.29, 1.82) is 0 Å². The van der Waals surface area contributed by atoms with Gasteiger partial charge < -0.3 is 16.2 Å². The van der Waals surface area contributed by atoms with E-state index < -0.39 is 12.0 Å². The summed E-state index contributed by atoms with van der Waals surface area (Å²) >= 11 is 0. The Kier molecular flexibility index (Phi) is 13.2. The molecular formula is C22H38N2O3. The molecule has 0 aromatic heterocycles. The maximum absolute atomic E-state index is 12.4. The maximum Gasteiger partial charge on any atom is 0.326 e. The van der Waals surface area contributed by atoms with Crippen LogP contribution in [0.5, 0.6) is 0 Å². The van der Waals surface area contributed by atoms with Gasteiger partial charge in [0.25, 0.3) is 0 Å². The van der Waals surface area contributed by atoms with E-state index in [1.165, 1.54) is 7.05 Å². The van der Waals surface area contributed by atoms with Gasteiger partial charge in [0.2, 0.25) is 5.91 Å². The smallest absolute Gasteiger partial charge is 0.326 e. The SMILES string of the molecule is CC.CC(C)C1CCC(C(=O)NC(Cc2ccccc2)C(=O)O)CC1.CN. The Balaban J connectivity index is 0.00000158. The summed E-state index contributed by atoms with van der Waals surface area (Å²) in [7, 11) is 1.50. The fourth-order valence-corrected chi connectivity index (χ4v) is 3.39. The molecular weight excluding hydrogens is 340 g/mol. The third-order valence-electron chi connectivity index (χ3n) is 4.98. The highest BCUT2D eigenvalue weighted by molar-refractivity contribution is 5.85. The Morgan fingerprint density at radius 1 is 1.07 bits per heavy atom. The van der Waals surface area contributed by atoms with Crippen molar-refractivity contribution in [1.82, 2.24) is 5.32 Å². The van der Waals surface area contributed by atoms with E-state index in [4.69, 9.17) is 0 Å². The molecule has 1 aliphatic carbocycles. The van der Waals surface area contributed by atoms with Crippen LogP contribution in [0.25, 0.3) is 0 Å². The molecule has 27 heavy (non-hydrogen) atoms. The lowest BCUT2D eigenvalue weighted by atomic mass is 9.76. The number of carbonyl (C=O) groups is 2. The van der Waals surface area contributed by atoms with Crippen molar-refractivity contribution < 1.29 is 14.7 Å². The fourth-order valence-electron chi connectivity index (χ4n) is 3.39. The van der Waals surface area contributed by atoms with Gasteiger partial charge in [0, 0.05) is 12.3 Å². The van der Waals surface area contributed by atoms with Crippen molar-refractivity contribution in [2.45, 2.75) is 65.8 Å². The Labute approximate surface area is 164 Å². The van der Waals surface area contributed by atoms with Gasteiger partial charge in [0.05, 0.1) is 0 Å². The minimum Gasteiger partial charge on any atom is -0.480 e. The Morgan fingerprint density at radius 2 is 1.59 bits per heavy atom. The molecule has 0 aliphatic heterocycles. The lowest BCUT2D eigenvalue weighted by Gasteiger charge is -2.30. The summed E-state index contributed by atoms with van der Waals surface area (Å²) in [5.74, 6) is 0.235. The van der Waals surface area contributed by atoms with Gasteiger partial charge in [-0.05, 0) is 50.1 Å². The number of aliphatic carboxylic acids is 1. The van der Waals surface area contributed by atoms with Crippen LogP contribution in [0.1, 0.15) is 58.9 Å². The van der Waals surface area contributed by atoms with Gasteiger partial charge in [-0.3, -0.25) is 4.79 Å². The number of carboxylic acids is 1. The van der Waals surface area contributed by atoms with E-state index >= 15 is 0 Å². The van der Waals surface area contributed by atoms with Crippen molar-refractivity contribution in [2.75, 3.05) is 7.05 Å².